The SMILES string of the molecule is CNC(=O)COc1cc2cc(Nc3nc(N4C[C@@H](C)C(F)[C@@H](C)C4)c(C#N)cc3Cl)ccc2n(CCN2CCOCC2)c1=O. The van der Waals surface area contributed by atoms with Crippen molar-refractivity contribution < 1.29 is 18.7 Å². The Morgan fingerprint density at radius 2 is 1.91 bits per heavy atom. The summed E-state index contributed by atoms with van der Waals surface area (Å²) in [5.74, 6) is 0.0981. The Morgan fingerprint density at radius 1 is 1.18 bits per heavy atom. The van der Waals surface area contributed by atoms with Crippen LogP contribution in [0.2, 0.25) is 5.02 Å². The Bertz CT molecular complexity index is 1610. The predicted octanol–water partition coefficient (Wildman–Crippen LogP) is 3.55. The Morgan fingerprint density at radius 3 is 2.59 bits per heavy atom. The van der Waals surface area contributed by atoms with Crippen LogP contribution in [0.4, 0.5) is 21.7 Å². The first kappa shape index (κ1) is 31.5. The van der Waals surface area contributed by atoms with Gasteiger partial charge in [-0.1, -0.05) is 25.4 Å². The number of rotatable bonds is 9. The molecule has 1 unspecified atom stereocenters. The second-order valence-electron chi connectivity index (χ2n) is 11.4. The van der Waals surface area contributed by atoms with Crippen molar-refractivity contribution in [1.29, 1.82) is 5.26 Å². The van der Waals surface area contributed by atoms with Gasteiger partial charge in [-0.3, -0.25) is 14.5 Å². The molecule has 44 heavy (non-hydrogen) atoms. The molecular formula is C31H37ClFN7O4. The summed E-state index contributed by atoms with van der Waals surface area (Å²) in [6, 6.07) is 10.9. The fourth-order valence-electron chi connectivity index (χ4n) is 5.78. The van der Waals surface area contributed by atoms with E-state index in [4.69, 9.17) is 26.1 Å². The predicted molar refractivity (Wildman–Crippen MR) is 168 cm³/mol. The van der Waals surface area contributed by atoms with Crippen molar-refractivity contribution in [1.82, 2.24) is 19.8 Å². The van der Waals surface area contributed by atoms with Gasteiger partial charge in [-0.25, -0.2) is 9.37 Å². The summed E-state index contributed by atoms with van der Waals surface area (Å²) < 4.78 is 27.3. The van der Waals surface area contributed by atoms with Gasteiger partial charge in [0, 0.05) is 69.2 Å². The molecule has 2 fully saturated rings. The van der Waals surface area contributed by atoms with Crippen LogP contribution in [0.3, 0.4) is 0 Å². The molecule has 3 atom stereocenters. The minimum absolute atomic E-state index is 0.0662. The van der Waals surface area contributed by atoms with Gasteiger partial charge < -0.3 is 29.6 Å². The van der Waals surface area contributed by atoms with Crippen LogP contribution in [0.25, 0.3) is 10.9 Å². The van der Waals surface area contributed by atoms with Gasteiger partial charge in [-0.05, 0) is 30.3 Å². The van der Waals surface area contributed by atoms with E-state index in [2.05, 4.69) is 21.6 Å². The normalized spacial score (nSPS) is 20.7. The van der Waals surface area contributed by atoms with Gasteiger partial charge >= 0.3 is 0 Å². The standard InChI is InChI=1S/C31H37ClFN7O4/c1-19-16-39(17-20(2)28(19)33)30-22(15-34)13-24(32)29(37-30)36-23-4-5-25-21(12-23)14-26(44-18-27(41)35-3)31(42)40(25)7-6-38-8-10-43-11-9-38/h4-5,12-14,19-20,28H,6-11,16-18H2,1-3H3,(H,35,41)(H,36,37)/t19-,20+,28?. The van der Waals surface area contributed by atoms with Crippen LogP contribution in [-0.2, 0) is 16.1 Å². The number of pyridine rings is 2. The van der Waals surface area contributed by atoms with Gasteiger partial charge in [0.05, 0.1) is 29.3 Å². The Kier molecular flexibility index (Phi) is 9.88. The van der Waals surface area contributed by atoms with E-state index in [9.17, 15) is 19.2 Å². The number of carbonyl (C=O) groups is 1. The molecule has 2 aliphatic rings. The van der Waals surface area contributed by atoms with Crippen molar-refractivity contribution in [2.75, 3.05) is 69.8 Å². The van der Waals surface area contributed by atoms with E-state index in [0.29, 0.717) is 73.2 Å². The minimum atomic E-state index is -0.921. The monoisotopic (exact) mass is 625 g/mol. The molecule has 2 N–H and O–H groups in total. The number of nitrogens with one attached hydrogen (secondary N) is 2. The highest BCUT2D eigenvalue weighted by Gasteiger charge is 2.33. The average molecular weight is 626 g/mol. The van der Waals surface area contributed by atoms with Gasteiger partial charge in [0.15, 0.2) is 18.2 Å². The summed E-state index contributed by atoms with van der Waals surface area (Å²) in [6.07, 6.45) is -0.921. The lowest BCUT2D eigenvalue weighted by Crippen LogP contribution is -2.46. The molecule has 0 saturated carbocycles. The average Bonchev–Trinajstić information content (AvgIpc) is 3.03. The number of carbonyl (C=O) groups excluding carboxylic acids is 1. The van der Waals surface area contributed by atoms with Crippen molar-refractivity contribution in [2.24, 2.45) is 11.8 Å². The summed E-state index contributed by atoms with van der Waals surface area (Å²) in [6.45, 7) is 8.26. The highest BCUT2D eigenvalue weighted by molar-refractivity contribution is 6.33. The number of likely N-dealkylation sites (N-methyl/N-ethyl adjacent to an activating group) is 1. The summed E-state index contributed by atoms with van der Waals surface area (Å²) in [5.41, 5.74) is 1.34. The lowest BCUT2D eigenvalue weighted by Gasteiger charge is -2.38. The molecule has 0 bridgehead atoms. The van der Waals surface area contributed by atoms with Crippen LogP contribution < -0.4 is 25.8 Å². The number of ether oxygens (including phenoxy) is 2. The Hall–Kier alpha value is -3.92. The number of anilines is 3. The molecular weight excluding hydrogens is 589 g/mol. The zero-order valence-corrected chi connectivity index (χ0v) is 25.9. The van der Waals surface area contributed by atoms with E-state index in [1.54, 1.807) is 16.7 Å². The van der Waals surface area contributed by atoms with E-state index in [1.807, 2.05) is 36.9 Å². The van der Waals surface area contributed by atoms with E-state index >= 15 is 0 Å². The third kappa shape index (κ3) is 6.90. The maximum absolute atomic E-state index is 14.5. The highest BCUT2D eigenvalue weighted by atomic mass is 35.5. The lowest BCUT2D eigenvalue weighted by molar-refractivity contribution is -0.122. The number of aromatic nitrogens is 2. The molecule has 3 aromatic rings. The molecule has 5 rings (SSSR count). The van der Waals surface area contributed by atoms with Crippen molar-refractivity contribution in [3.8, 4) is 11.8 Å². The number of piperidine rings is 1. The highest BCUT2D eigenvalue weighted by Crippen LogP contribution is 2.34. The largest absolute Gasteiger partial charge is 0.478 e. The Balaban J connectivity index is 1.47. The van der Waals surface area contributed by atoms with Gasteiger partial charge in [0.25, 0.3) is 11.5 Å². The molecule has 234 valence electrons. The maximum Gasteiger partial charge on any atom is 0.293 e. The second kappa shape index (κ2) is 13.8. The summed E-state index contributed by atoms with van der Waals surface area (Å²) in [4.78, 5) is 34.2. The fourth-order valence-corrected chi connectivity index (χ4v) is 5.98. The number of amides is 1. The number of alkyl halides is 1. The third-order valence-corrected chi connectivity index (χ3v) is 8.47. The fraction of sp³-hybridized carbons (Fsp3) is 0.484. The minimum Gasteiger partial charge on any atom is -0.478 e. The molecule has 2 aliphatic heterocycles. The number of halogens is 2. The van der Waals surface area contributed by atoms with Crippen molar-refractivity contribution in [3.05, 3.63) is 51.3 Å². The van der Waals surface area contributed by atoms with E-state index < -0.39 is 6.17 Å². The second-order valence-corrected chi connectivity index (χ2v) is 11.8. The molecule has 4 heterocycles. The van der Waals surface area contributed by atoms with Crippen LogP contribution in [0.15, 0.2) is 35.1 Å². The number of nitriles is 1. The van der Waals surface area contributed by atoms with Crippen LogP contribution in [0.5, 0.6) is 5.75 Å². The van der Waals surface area contributed by atoms with Crippen molar-refractivity contribution >= 4 is 45.7 Å². The van der Waals surface area contributed by atoms with E-state index in [-0.39, 0.29) is 40.7 Å². The lowest BCUT2D eigenvalue weighted by atomic mass is 9.89. The van der Waals surface area contributed by atoms with E-state index in [0.717, 1.165) is 13.1 Å². The maximum atomic E-state index is 14.5. The van der Waals surface area contributed by atoms with Gasteiger partial charge in [-0.2, -0.15) is 5.26 Å². The molecule has 11 nitrogen and oxygen atoms in total. The van der Waals surface area contributed by atoms with Crippen LogP contribution in [0.1, 0.15) is 19.4 Å². The molecule has 1 amide bonds. The first-order valence-corrected chi connectivity index (χ1v) is 15.1. The number of nitrogens with zero attached hydrogens (tertiary/aromatic N) is 5. The molecule has 2 saturated heterocycles. The summed E-state index contributed by atoms with van der Waals surface area (Å²) in [5, 5.41) is 16.5. The topological polar surface area (TPSA) is 125 Å². The van der Waals surface area contributed by atoms with Crippen molar-refractivity contribution in [2.45, 2.75) is 26.6 Å². The summed E-state index contributed by atoms with van der Waals surface area (Å²) >= 11 is 6.57. The first-order chi connectivity index (χ1) is 21.2. The van der Waals surface area contributed by atoms with Crippen LogP contribution >= 0.6 is 11.6 Å². The number of fused-ring (bicyclic) bond motifs is 1. The number of hydrogen-bond acceptors (Lipinski definition) is 9. The molecule has 0 spiro atoms. The van der Waals surface area contributed by atoms with Crippen molar-refractivity contribution in [3.63, 3.8) is 0 Å². The zero-order valence-electron chi connectivity index (χ0n) is 25.1. The Labute approximate surface area is 260 Å². The third-order valence-electron chi connectivity index (χ3n) is 8.18. The molecule has 0 radical (unpaired) electrons. The first-order valence-electron chi connectivity index (χ1n) is 14.8. The smallest absolute Gasteiger partial charge is 0.293 e. The van der Waals surface area contributed by atoms with Gasteiger partial charge in [0.2, 0.25) is 0 Å². The van der Waals surface area contributed by atoms with E-state index in [1.165, 1.54) is 7.05 Å². The number of morpholine rings is 1. The van der Waals surface area contributed by atoms with Crippen LogP contribution in [-0.4, -0.2) is 86.1 Å². The molecule has 1 aromatic carbocycles. The molecule has 2 aromatic heterocycles. The van der Waals surface area contributed by atoms with Gasteiger partial charge in [0.1, 0.15) is 18.1 Å². The number of hydrogen-bond donors (Lipinski definition) is 2. The quantitative estimate of drug-likeness (QED) is 0.367. The molecule has 0 aliphatic carbocycles. The van der Waals surface area contributed by atoms with Crippen LogP contribution in [0, 0.1) is 23.2 Å². The molecule has 13 heteroatoms. The number of benzene rings is 1. The zero-order chi connectivity index (χ0) is 31.4. The van der Waals surface area contributed by atoms with Gasteiger partial charge in [-0.15, -0.1) is 0 Å². The summed E-state index contributed by atoms with van der Waals surface area (Å²) in [7, 11) is 1.50.